The van der Waals surface area contributed by atoms with Crippen molar-refractivity contribution in [3.63, 3.8) is 0 Å². The lowest BCUT2D eigenvalue weighted by atomic mass is 9.75. The minimum atomic E-state index is 0.410. The van der Waals surface area contributed by atoms with Crippen molar-refractivity contribution in [2.75, 3.05) is 13.1 Å². The van der Waals surface area contributed by atoms with Crippen molar-refractivity contribution in [3.05, 3.63) is 0 Å². The van der Waals surface area contributed by atoms with E-state index in [9.17, 15) is 0 Å². The summed E-state index contributed by atoms with van der Waals surface area (Å²) in [6.45, 7) is 14.4. The molecule has 1 heterocycles. The molecule has 0 bridgehead atoms. The fourth-order valence-corrected chi connectivity index (χ4v) is 4.51. The zero-order valence-electron chi connectivity index (χ0n) is 13.0. The number of likely N-dealkylation sites (tertiary alicyclic amines) is 1. The molecule has 1 aliphatic heterocycles. The van der Waals surface area contributed by atoms with E-state index in [-0.39, 0.29) is 0 Å². The molecule has 2 heteroatoms. The van der Waals surface area contributed by atoms with E-state index in [0.717, 1.165) is 24.4 Å². The van der Waals surface area contributed by atoms with Gasteiger partial charge in [0, 0.05) is 17.6 Å². The van der Waals surface area contributed by atoms with Gasteiger partial charge in [-0.05, 0) is 64.5 Å². The fourth-order valence-electron chi connectivity index (χ4n) is 4.51. The molecule has 2 nitrogen and oxygen atoms in total. The fraction of sp³-hybridized carbons (Fsp3) is 1.00. The SMILES string of the molecule is CCNC1CC(C)CC(C)C1N1CCCC1(C)C. The maximum Gasteiger partial charge on any atom is 0.0280 e. The van der Waals surface area contributed by atoms with Crippen LogP contribution in [0, 0.1) is 11.8 Å². The summed E-state index contributed by atoms with van der Waals surface area (Å²) in [4.78, 5) is 2.82. The molecule has 1 aliphatic carbocycles. The summed E-state index contributed by atoms with van der Waals surface area (Å²) in [5.74, 6) is 1.71. The first kappa shape index (κ1) is 14.3. The predicted molar refractivity (Wildman–Crippen MR) is 78.8 cm³/mol. The van der Waals surface area contributed by atoms with Crippen molar-refractivity contribution in [2.24, 2.45) is 11.8 Å². The number of nitrogens with zero attached hydrogens (tertiary/aromatic N) is 1. The van der Waals surface area contributed by atoms with Crippen molar-refractivity contribution in [1.82, 2.24) is 10.2 Å². The second-order valence-corrected chi connectivity index (χ2v) is 7.32. The number of hydrogen-bond donors (Lipinski definition) is 1. The Morgan fingerprint density at radius 2 is 1.94 bits per heavy atom. The Labute approximate surface area is 114 Å². The van der Waals surface area contributed by atoms with E-state index in [1.165, 1.54) is 32.2 Å². The van der Waals surface area contributed by atoms with Crippen LogP contribution in [0.4, 0.5) is 0 Å². The molecule has 0 amide bonds. The maximum absolute atomic E-state index is 3.77. The van der Waals surface area contributed by atoms with Crippen LogP contribution in [-0.2, 0) is 0 Å². The van der Waals surface area contributed by atoms with E-state index in [1.54, 1.807) is 0 Å². The normalized spacial score (nSPS) is 41.2. The van der Waals surface area contributed by atoms with Gasteiger partial charge in [0.15, 0.2) is 0 Å². The van der Waals surface area contributed by atoms with E-state index < -0.39 is 0 Å². The van der Waals surface area contributed by atoms with Crippen LogP contribution in [0.1, 0.15) is 60.3 Å². The van der Waals surface area contributed by atoms with Gasteiger partial charge in [0.05, 0.1) is 0 Å². The molecule has 2 fully saturated rings. The Morgan fingerprint density at radius 3 is 2.50 bits per heavy atom. The highest BCUT2D eigenvalue weighted by Gasteiger charge is 2.44. The van der Waals surface area contributed by atoms with Crippen LogP contribution in [0.15, 0.2) is 0 Å². The van der Waals surface area contributed by atoms with Crippen molar-refractivity contribution < 1.29 is 0 Å². The van der Waals surface area contributed by atoms with Crippen LogP contribution in [0.3, 0.4) is 0 Å². The Hall–Kier alpha value is -0.0800. The summed E-state index contributed by atoms with van der Waals surface area (Å²) in [6, 6.07) is 1.45. The Balaban J connectivity index is 2.16. The van der Waals surface area contributed by atoms with Gasteiger partial charge in [0.2, 0.25) is 0 Å². The van der Waals surface area contributed by atoms with Crippen LogP contribution in [-0.4, -0.2) is 35.6 Å². The Morgan fingerprint density at radius 1 is 1.22 bits per heavy atom. The standard InChI is InChI=1S/C16H32N2/c1-6-17-14-11-12(2)10-13(3)15(14)18-9-7-8-16(18,4)5/h12-15,17H,6-11H2,1-5H3. The highest BCUT2D eigenvalue weighted by molar-refractivity contribution is 5.00. The molecule has 0 aromatic rings. The quantitative estimate of drug-likeness (QED) is 0.829. The van der Waals surface area contributed by atoms with Gasteiger partial charge in [-0.25, -0.2) is 0 Å². The summed E-state index contributed by atoms with van der Waals surface area (Å²) in [5, 5.41) is 3.77. The van der Waals surface area contributed by atoms with Gasteiger partial charge >= 0.3 is 0 Å². The number of nitrogens with one attached hydrogen (secondary N) is 1. The van der Waals surface area contributed by atoms with E-state index in [0.29, 0.717) is 11.6 Å². The Kier molecular flexibility index (Phi) is 4.38. The lowest BCUT2D eigenvalue weighted by Gasteiger charge is -2.49. The third kappa shape index (κ3) is 2.75. The number of rotatable bonds is 3. The van der Waals surface area contributed by atoms with Crippen LogP contribution >= 0.6 is 0 Å². The van der Waals surface area contributed by atoms with Crippen molar-refractivity contribution in [1.29, 1.82) is 0 Å². The lowest BCUT2D eigenvalue weighted by molar-refractivity contribution is 0.0213. The first-order chi connectivity index (χ1) is 8.45. The van der Waals surface area contributed by atoms with Gasteiger partial charge < -0.3 is 5.32 Å². The summed E-state index contributed by atoms with van der Waals surface area (Å²) in [6.07, 6.45) is 5.50. The summed E-state index contributed by atoms with van der Waals surface area (Å²) in [5.41, 5.74) is 0.410. The first-order valence-electron chi connectivity index (χ1n) is 7.96. The third-order valence-electron chi connectivity index (χ3n) is 5.22. The zero-order chi connectivity index (χ0) is 13.3. The second kappa shape index (κ2) is 5.50. The van der Waals surface area contributed by atoms with Crippen LogP contribution < -0.4 is 5.32 Å². The van der Waals surface area contributed by atoms with Gasteiger partial charge in [-0.2, -0.15) is 0 Å². The molecule has 1 N–H and O–H groups in total. The van der Waals surface area contributed by atoms with Crippen molar-refractivity contribution in [3.8, 4) is 0 Å². The van der Waals surface area contributed by atoms with Gasteiger partial charge in [-0.1, -0.05) is 20.8 Å². The molecule has 4 unspecified atom stereocenters. The molecule has 0 radical (unpaired) electrons. The predicted octanol–water partition coefficient (Wildman–Crippen LogP) is 3.27. The van der Waals surface area contributed by atoms with Crippen molar-refractivity contribution in [2.45, 2.75) is 77.9 Å². The van der Waals surface area contributed by atoms with Crippen molar-refractivity contribution >= 4 is 0 Å². The summed E-state index contributed by atoms with van der Waals surface area (Å²) >= 11 is 0. The summed E-state index contributed by atoms with van der Waals surface area (Å²) < 4.78 is 0. The van der Waals surface area contributed by atoms with Crippen LogP contribution in [0.25, 0.3) is 0 Å². The molecule has 1 saturated carbocycles. The monoisotopic (exact) mass is 252 g/mol. The number of likely N-dealkylation sites (N-methyl/N-ethyl adjacent to an activating group) is 1. The van der Waals surface area contributed by atoms with Gasteiger partial charge in [-0.15, -0.1) is 0 Å². The molecule has 0 aromatic carbocycles. The molecule has 4 atom stereocenters. The molecule has 1 saturated heterocycles. The first-order valence-corrected chi connectivity index (χ1v) is 7.96. The molecular weight excluding hydrogens is 220 g/mol. The lowest BCUT2D eigenvalue weighted by Crippen LogP contribution is -2.60. The smallest absolute Gasteiger partial charge is 0.0280 e. The van der Waals surface area contributed by atoms with E-state index in [1.807, 2.05) is 0 Å². The maximum atomic E-state index is 3.77. The third-order valence-corrected chi connectivity index (χ3v) is 5.22. The topological polar surface area (TPSA) is 15.3 Å². The molecule has 0 spiro atoms. The highest BCUT2D eigenvalue weighted by atomic mass is 15.3. The van der Waals surface area contributed by atoms with E-state index in [4.69, 9.17) is 0 Å². The summed E-state index contributed by atoms with van der Waals surface area (Å²) in [7, 11) is 0. The van der Waals surface area contributed by atoms with E-state index >= 15 is 0 Å². The average molecular weight is 252 g/mol. The highest BCUT2D eigenvalue weighted by Crippen LogP contribution is 2.39. The molecule has 0 aromatic heterocycles. The van der Waals surface area contributed by atoms with Crippen LogP contribution in [0.2, 0.25) is 0 Å². The van der Waals surface area contributed by atoms with E-state index in [2.05, 4.69) is 44.8 Å². The largest absolute Gasteiger partial charge is 0.313 e. The number of hydrogen-bond acceptors (Lipinski definition) is 2. The average Bonchev–Trinajstić information content (AvgIpc) is 2.58. The Bertz CT molecular complexity index is 274. The molecule has 18 heavy (non-hydrogen) atoms. The van der Waals surface area contributed by atoms with Gasteiger partial charge in [-0.3, -0.25) is 4.90 Å². The van der Waals surface area contributed by atoms with Crippen LogP contribution in [0.5, 0.6) is 0 Å². The zero-order valence-corrected chi connectivity index (χ0v) is 13.0. The minimum Gasteiger partial charge on any atom is -0.313 e. The van der Waals surface area contributed by atoms with Gasteiger partial charge in [0.25, 0.3) is 0 Å². The second-order valence-electron chi connectivity index (χ2n) is 7.32. The molecular formula is C16H32N2. The molecule has 2 rings (SSSR count). The van der Waals surface area contributed by atoms with Gasteiger partial charge in [0.1, 0.15) is 0 Å². The molecule has 2 aliphatic rings. The molecule has 106 valence electrons. The minimum absolute atomic E-state index is 0.410.